The Labute approximate surface area is 80.6 Å². The van der Waals surface area contributed by atoms with Crippen molar-refractivity contribution >= 4 is 12.4 Å². The van der Waals surface area contributed by atoms with E-state index >= 15 is 0 Å². The predicted molar refractivity (Wildman–Crippen MR) is 59.9 cm³/mol. The van der Waals surface area contributed by atoms with Gasteiger partial charge in [0.2, 0.25) is 0 Å². The van der Waals surface area contributed by atoms with Crippen molar-refractivity contribution in [2.24, 2.45) is 4.99 Å². The molecule has 0 aromatic rings. The first-order valence-electron chi connectivity index (χ1n) is 4.30. The third-order valence-corrected chi connectivity index (χ3v) is 1.83. The standard InChI is InChI=1S/C11H18N2/c1-8(2)11(7-13-5)9(3)6-10(4)12/h12H,1,5-7H2,2-4H3/b11-9-,12-10?. The lowest BCUT2D eigenvalue weighted by atomic mass is 9.99. The van der Waals surface area contributed by atoms with E-state index in [-0.39, 0.29) is 0 Å². The lowest BCUT2D eigenvalue weighted by Crippen LogP contribution is -1.98. The van der Waals surface area contributed by atoms with Crippen molar-refractivity contribution in [3.8, 4) is 0 Å². The first-order chi connectivity index (χ1) is 5.99. The molecule has 72 valence electrons. The fourth-order valence-electron chi connectivity index (χ4n) is 1.25. The number of nitrogens with zero attached hydrogens (tertiary/aromatic N) is 1. The van der Waals surface area contributed by atoms with E-state index in [9.17, 15) is 0 Å². The average molecular weight is 178 g/mol. The molecule has 0 fully saturated rings. The number of hydrogen-bond donors (Lipinski definition) is 1. The third kappa shape index (κ3) is 4.41. The Kier molecular flexibility index (Phi) is 4.97. The first-order valence-corrected chi connectivity index (χ1v) is 4.30. The lowest BCUT2D eigenvalue weighted by molar-refractivity contribution is 1.07. The van der Waals surface area contributed by atoms with E-state index in [0.29, 0.717) is 18.7 Å². The van der Waals surface area contributed by atoms with Crippen LogP contribution in [0, 0.1) is 5.41 Å². The van der Waals surface area contributed by atoms with Gasteiger partial charge in [0.15, 0.2) is 0 Å². The van der Waals surface area contributed by atoms with Crippen molar-refractivity contribution in [3.05, 3.63) is 23.3 Å². The van der Waals surface area contributed by atoms with Gasteiger partial charge >= 0.3 is 0 Å². The fourth-order valence-corrected chi connectivity index (χ4v) is 1.25. The summed E-state index contributed by atoms with van der Waals surface area (Å²) in [5, 5.41) is 7.38. The molecule has 0 radical (unpaired) electrons. The maximum absolute atomic E-state index is 7.38. The molecule has 0 aliphatic rings. The van der Waals surface area contributed by atoms with E-state index in [0.717, 1.165) is 11.1 Å². The molecule has 0 aromatic carbocycles. The van der Waals surface area contributed by atoms with Gasteiger partial charge < -0.3 is 5.41 Å². The van der Waals surface area contributed by atoms with Gasteiger partial charge in [-0.2, -0.15) is 0 Å². The van der Waals surface area contributed by atoms with Crippen molar-refractivity contribution in [1.82, 2.24) is 0 Å². The second kappa shape index (κ2) is 5.46. The molecule has 2 heteroatoms. The van der Waals surface area contributed by atoms with E-state index in [2.05, 4.69) is 18.3 Å². The highest BCUT2D eigenvalue weighted by molar-refractivity contribution is 5.81. The zero-order valence-corrected chi connectivity index (χ0v) is 8.78. The maximum atomic E-state index is 7.38. The van der Waals surface area contributed by atoms with Gasteiger partial charge in [-0.15, -0.1) is 0 Å². The predicted octanol–water partition coefficient (Wildman–Crippen LogP) is 3.01. The van der Waals surface area contributed by atoms with Crippen LogP contribution in [0.15, 0.2) is 28.3 Å². The molecular weight excluding hydrogens is 160 g/mol. The number of nitrogens with one attached hydrogen (secondary N) is 1. The van der Waals surface area contributed by atoms with Gasteiger partial charge in [0.05, 0.1) is 6.54 Å². The topological polar surface area (TPSA) is 36.2 Å². The summed E-state index contributed by atoms with van der Waals surface area (Å²) in [4.78, 5) is 3.85. The Morgan fingerprint density at radius 2 is 1.85 bits per heavy atom. The SMILES string of the molecule is C=NC/C(C(=C)C)=C(\C)CC(C)=N. The Morgan fingerprint density at radius 1 is 1.31 bits per heavy atom. The minimum atomic E-state index is 0.606. The normalized spacial score (nSPS) is 11.9. The van der Waals surface area contributed by atoms with Crippen LogP contribution < -0.4 is 0 Å². The van der Waals surface area contributed by atoms with Crippen LogP contribution in [0.4, 0.5) is 0 Å². The molecule has 0 aromatic heterocycles. The largest absolute Gasteiger partial charge is 0.310 e. The quantitative estimate of drug-likeness (QED) is 0.496. The lowest BCUT2D eigenvalue weighted by Gasteiger charge is -2.09. The van der Waals surface area contributed by atoms with Gasteiger partial charge in [0.1, 0.15) is 0 Å². The van der Waals surface area contributed by atoms with E-state index in [4.69, 9.17) is 5.41 Å². The molecule has 0 spiro atoms. The molecule has 0 bridgehead atoms. The Morgan fingerprint density at radius 3 is 2.15 bits per heavy atom. The molecule has 0 atom stereocenters. The number of allylic oxidation sites excluding steroid dienone is 1. The molecule has 0 heterocycles. The molecule has 0 aliphatic carbocycles. The molecule has 0 amide bonds. The van der Waals surface area contributed by atoms with E-state index in [1.807, 2.05) is 13.8 Å². The van der Waals surface area contributed by atoms with Crippen LogP contribution in [0.1, 0.15) is 27.2 Å². The van der Waals surface area contributed by atoms with Crippen LogP contribution in [-0.2, 0) is 0 Å². The monoisotopic (exact) mass is 178 g/mol. The minimum Gasteiger partial charge on any atom is -0.310 e. The summed E-state index contributed by atoms with van der Waals surface area (Å²) in [7, 11) is 0. The second-order valence-electron chi connectivity index (χ2n) is 3.38. The van der Waals surface area contributed by atoms with E-state index in [1.165, 1.54) is 5.57 Å². The van der Waals surface area contributed by atoms with Crippen molar-refractivity contribution < 1.29 is 0 Å². The molecule has 0 aliphatic heterocycles. The molecule has 0 unspecified atom stereocenters. The summed E-state index contributed by atoms with van der Waals surface area (Å²) in [6.45, 7) is 13.7. The summed E-state index contributed by atoms with van der Waals surface area (Å²) < 4.78 is 0. The van der Waals surface area contributed by atoms with Crippen molar-refractivity contribution in [1.29, 1.82) is 5.41 Å². The highest BCUT2D eigenvalue weighted by Crippen LogP contribution is 2.16. The number of rotatable bonds is 5. The zero-order chi connectivity index (χ0) is 10.4. The van der Waals surface area contributed by atoms with Crippen LogP contribution >= 0.6 is 0 Å². The van der Waals surface area contributed by atoms with Crippen molar-refractivity contribution in [3.63, 3.8) is 0 Å². The summed E-state index contributed by atoms with van der Waals surface area (Å²) >= 11 is 0. The van der Waals surface area contributed by atoms with Gasteiger partial charge in [0, 0.05) is 12.1 Å². The average Bonchev–Trinajstić information content (AvgIpc) is 1.97. The van der Waals surface area contributed by atoms with E-state index in [1.54, 1.807) is 6.92 Å². The van der Waals surface area contributed by atoms with Gasteiger partial charge in [-0.1, -0.05) is 17.7 Å². The molecular formula is C11H18N2. The van der Waals surface area contributed by atoms with Gasteiger partial charge in [-0.25, -0.2) is 0 Å². The molecule has 0 saturated carbocycles. The Bertz CT molecular complexity index is 259. The second-order valence-corrected chi connectivity index (χ2v) is 3.38. The number of aliphatic imine (C=N–C) groups is 1. The third-order valence-electron chi connectivity index (χ3n) is 1.83. The summed E-state index contributed by atoms with van der Waals surface area (Å²) in [5.74, 6) is 0. The van der Waals surface area contributed by atoms with Gasteiger partial charge in [-0.3, -0.25) is 4.99 Å². The highest BCUT2D eigenvalue weighted by atomic mass is 14.7. The fraction of sp³-hybridized carbons (Fsp3) is 0.455. The van der Waals surface area contributed by atoms with Crippen molar-refractivity contribution in [2.45, 2.75) is 27.2 Å². The van der Waals surface area contributed by atoms with Crippen molar-refractivity contribution in [2.75, 3.05) is 6.54 Å². The molecule has 1 N–H and O–H groups in total. The zero-order valence-electron chi connectivity index (χ0n) is 8.78. The summed E-state index contributed by atoms with van der Waals surface area (Å²) in [6.07, 6.45) is 0.706. The Balaban J connectivity index is 4.73. The smallest absolute Gasteiger partial charge is 0.0634 e. The highest BCUT2D eigenvalue weighted by Gasteiger charge is 2.03. The first kappa shape index (κ1) is 11.8. The molecule has 0 rings (SSSR count). The van der Waals surface area contributed by atoms with Gasteiger partial charge in [0.25, 0.3) is 0 Å². The summed E-state index contributed by atoms with van der Waals surface area (Å²) in [5.41, 5.74) is 3.99. The summed E-state index contributed by atoms with van der Waals surface area (Å²) in [6, 6.07) is 0. The van der Waals surface area contributed by atoms with Crippen LogP contribution in [0.3, 0.4) is 0 Å². The molecule has 13 heavy (non-hydrogen) atoms. The molecule has 0 saturated heterocycles. The van der Waals surface area contributed by atoms with E-state index < -0.39 is 0 Å². The Hall–Kier alpha value is -1.18. The number of hydrogen-bond acceptors (Lipinski definition) is 2. The van der Waals surface area contributed by atoms with Gasteiger partial charge in [-0.05, 0) is 33.1 Å². The van der Waals surface area contributed by atoms with Crippen LogP contribution in [0.2, 0.25) is 0 Å². The minimum absolute atomic E-state index is 0.606. The maximum Gasteiger partial charge on any atom is 0.0634 e. The molecule has 2 nitrogen and oxygen atoms in total. The van der Waals surface area contributed by atoms with Crippen LogP contribution in [-0.4, -0.2) is 19.0 Å². The van der Waals surface area contributed by atoms with Crippen LogP contribution in [0.25, 0.3) is 0 Å². The van der Waals surface area contributed by atoms with Crippen LogP contribution in [0.5, 0.6) is 0 Å².